The van der Waals surface area contributed by atoms with E-state index in [1.165, 1.54) is 0 Å². The largest absolute Gasteiger partial charge is 0.372 e. The molecule has 138 valence electrons. The molecule has 1 amide bonds. The van der Waals surface area contributed by atoms with Crippen LogP contribution in [0.25, 0.3) is 11.4 Å². The van der Waals surface area contributed by atoms with Crippen LogP contribution in [0.15, 0.2) is 30.3 Å². The Labute approximate surface area is 154 Å². The fourth-order valence-corrected chi connectivity index (χ4v) is 3.17. The highest BCUT2D eigenvalue weighted by Gasteiger charge is 2.25. The van der Waals surface area contributed by atoms with Gasteiger partial charge in [-0.3, -0.25) is 4.79 Å². The quantitative estimate of drug-likeness (QED) is 0.914. The molecule has 3 rings (SSSR count). The zero-order valence-corrected chi connectivity index (χ0v) is 15.8. The molecule has 1 aliphatic rings. The van der Waals surface area contributed by atoms with Crippen LogP contribution in [0.3, 0.4) is 0 Å². The van der Waals surface area contributed by atoms with Gasteiger partial charge in [-0.25, -0.2) is 9.97 Å². The van der Waals surface area contributed by atoms with Crippen molar-refractivity contribution in [3.8, 4) is 11.4 Å². The predicted octanol–water partition coefficient (Wildman–Crippen LogP) is 2.81. The van der Waals surface area contributed by atoms with Crippen molar-refractivity contribution in [2.75, 3.05) is 25.0 Å². The van der Waals surface area contributed by atoms with E-state index in [0.717, 1.165) is 16.8 Å². The van der Waals surface area contributed by atoms with Crippen LogP contribution in [0.4, 0.5) is 5.82 Å². The monoisotopic (exact) mass is 354 g/mol. The normalized spacial score (nSPS) is 20.1. The number of aryl methyl sites for hydroxylation is 1. The highest BCUT2D eigenvalue weighted by atomic mass is 16.5. The first-order valence-electron chi connectivity index (χ1n) is 9.02. The summed E-state index contributed by atoms with van der Waals surface area (Å²) in [5.41, 5.74) is 2.82. The summed E-state index contributed by atoms with van der Waals surface area (Å²) in [6, 6.07) is 9.86. The van der Waals surface area contributed by atoms with E-state index in [1.807, 2.05) is 62.9 Å². The van der Waals surface area contributed by atoms with Crippen molar-refractivity contribution >= 4 is 11.7 Å². The van der Waals surface area contributed by atoms with Gasteiger partial charge in [0.05, 0.1) is 18.8 Å². The molecule has 6 nitrogen and oxygen atoms in total. The molecule has 2 aromatic rings. The number of amides is 1. The molecule has 0 spiro atoms. The lowest BCUT2D eigenvalue weighted by Gasteiger charge is -2.35. The lowest BCUT2D eigenvalue weighted by molar-refractivity contribution is -0.141. The third-order valence-electron chi connectivity index (χ3n) is 4.60. The second-order valence-electron chi connectivity index (χ2n) is 6.88. The molecule has 0 aliphatic carbocycles. The highest BCUT2D eigenvalue weighted by molar-refractivity contribution is 5.81. The van der Waals surface area contributed by atoms with Gasteiger partial charge in [-0.15, -0.1) is 0 Å². The number of benzene rings is 1. The Bertz CT molecular complexity index is 769. The van der Waals surface area contributed by atoms with Crippen molar-refractivity contribution in [1.82, 2.24) is 14.9 Å². The van der Waals surface area contributed by atoms with E-state index in [0.29, 0.717) is 24.7 Å². The fraction of sp³-hybridized carbons (Fsp3) is 0.450. The van der Waals surface area contributed by atoms with Gasteiger partial charge in [0, 0.05) is 29.9 Å². The highest BCUT2D eigenvalue weighted by Crippen LogP contribution is 2.21. The summed E-state index contributed by atoms with van der Waals surface area (Å²) in [7, 11) is 0. The van der Waals surface area contributed by atoms with Crippen LogP contribution in [-0.4, -0.2) is 52.6 Å². The second kappa shape index (κ2) is 7.83. The van der Waals surface area contributed by atoms with Gasteiger partial charge in [-0.1, -0.05) is 30.3 Å². The van der Waals surface area contributed by atoms with Crippen LogP contribution in [0.1, 0.15) is 25.1 Å². The van der Waals surface area contributed by atoms with E-state index in [4.69, 9.17) is 4.74 Å². The van der Waals surface area contributed by atoms with Crippen LogP contribution in [0.2, 0.25) is 0 Å². The molecular weight excluding hydrogens is 328 g/mol. The molecule has 6 heteroatoms. The van der Waals surface area contributed by atoms with Crippen molar-refractivity contribution in [3.05, 3.63) is 41.6 Å². The minimum absolute atomic E-state index is 0.0592. The minimum Gasteiger partial charge on any atom is -0.372 e. The van der Waals surface area contributed by atoms with E-state index in [9.17, 15) is 4.79 Å². The Morgan fingerprint density at radius 3 is 2.46 bits per heavy atom. The molecule has 26 heavy (non-hydrogen) atoms. The van der Waals surface area contributed by atoms with E-state index in [1.54, 1.807) is 0 Å². The molecule has 0 radical (unpaired) electrons. The predicted molar refractivity (Wildman–Crippen MR) is 102 cm³/mol. The third kappa shape index (κ3) is 4.19. The summed E-state index contributed by atoms with van der Waals surface area (Å²) < 4.78 is 5.69. The molecule has 1 aliphatic heterocycles. The maximum Gasteiger partial charge on any atom is 0.242 e. The van der Waals surface area contributed by atoms with Gasteiger partial charge in [-0.05, 0) is 27.7 Å². The molecule has 0 unspecified atom stereocenters. The van der Waals surface area contributed by atoms with Gasteiger partial charge < -0.3 is 15.0 Å². The van der Waals surface area contributed by atoms with Crippen LogP contribution in [-0.2, 0) is 9.53 Å². The van der Waals surface area contributed by atoms with Gasteiger partial charge in [0.25, 0.3) is 0 Å². The van der Waals surface area contributed by atoms with Crippen LogP contribution >= 0.6 is 0 Å². The molecule has 0 bridgehead atoms. The number of nitrogens with zero attached hydrogens (tertiary/aromatic N) is 3. The zero-order valence-electron chi connectivity index (χ0n) is 15.8. The second-order valence-corrected chi connectivity index (χ2v) is 6.88. The smallest absolute Gasteiger partial charge is 0.242 e. The number of hydrogen-bond donors (Lipinski definition) is 1. The van der Waals surface area contributed by atoms with Crippen LogP contribution < -0.4 is 5.32 Å². The average molecular weight is 354 g/mol. The van der Waals surface area contributed by atoms with E-state index in [-0.39, 0.29) is 24.7 Å². The Hall–Kier alpha value is -2.47. The number of ether oxygens (including phenoxy) is 1. The first-order chi connectivity index (χ1) is 12.4. The molecule has 1 saturated heterocycles. The Balaban J connectivity index is 1.73. The Morgan fingerprint density at radius 2 is 1.81 bits per heavy atom. The first kappa shape index (κ1) is 18.3. The number of carbonyl (C=O) groups is 1. The summed E-state index contributed by atoms with van der Waals surface area (Å²) in [5, 5.41) is 3.21. The number of morpholine rings is 1. The van der Waals surface area contributed by atoms with Crippen molar-refractivity contribution in [2.24, 2.45) is 0 Å². The number of aromatic nitrogens is 2. The van der Waals surface area contributed by atoms with Crippen molar-refractivity contribution in [3.63, 3.8) is 0 Å². The topological polar surface area (TPSA) is 67.4 Å². The summed E-state index contributed by atoms with van der Waals surface area (Å²) >= 11 is 0. The average Bonchev–Trinajstić information content (AvgIpc) is 2.62. The third-order valence-corrected chi connectivity index (χ3v) is 4.60. The lowest BCUT2D eigenvalue weighted by Crippen LogP contribution is -2.49. The molecule has 2 heterocycles. The number of nitrogens with one attached hydrogen (secondary N) is 1. The van der Waals surface area contributed by atoms with Crippen molar-refractivity contribution < 1.29 is 9.53 Å². The van der Waals surface area contributed by atoms with Crippen molar-refractivity contribution in [1.29, 1.82) is 0 Å². The molecular formula is C20H26N4O2. The van der Waals surface area contributed by atoms with E-state index < -0.39 is 0 Å². The van der Waals surface area contributed by atoms with Gasteiger partial charge >= 0.3 is 0 Å². The molecule has 1 fully saturated rings. The Kier molecular flexibility index (Phi) is 5.52. The van der Waals surface area contributed by atoms with E-state index >= 15 is 0 Å². The number of carbonyl (C=O) groups excluding carboxylic acids is 1. The SMILES string of the molecule is Cc1nc(-c2ccccc2)nc(NCC(=O)N2C[C@@H](C)O[C@@H](C)C2)c1C. The maximum atomic E-state index is 12.6. The van der Waals surface area contributed by atoms with Gasteiger partial charge in [0.1, 0.15) is 5.82 Å². The summed E-state index contributed by atoms with van der Waals surface area (Å²) in [5.74, 6) is 1.43. The Morgan fingerprint density at radius 1 is 1.15 bits per heavy atom. The maximum absolute atomic E-state index is 12.6. The zero-order chi connectivity index (χ0) is 18.7. The fourth-order valence-electron chi connectivity index (χ4n) is 3.17. The number of hydrogen-bond acceptors (Lipinski definition) is 5. The molecule has 0 saturated carbocycles. The lowest BCUT2D eigenvalue weighted by atomic mass is 10.2. The minimum atomic E-state index is 0.0592. The first-order valence-corrected chi connectivity index (χ1v) is 9.02. The van der Waals surface area contributed by atoms with Gasteiger partial charge in [0.2, 0.25) is 5.91 Å². The molecule has 1 aromatic heterocycles. The van der Waals surface area contributed by atoms with Gasteiger partial charge in [0.15, 0.2) is 5.82 Å². The summed E-state index contributed by atoms with van der Waals surface area (Å²) in [6.07, 6.45) is 0.130. The van der Waals surface area contributed by atoms with Crippen LogP contribution in [0.5, 0.6) is 0 Å². The van der Waals surface area contributed by atoms with Gasteiger partial charge in [-0.2, -0.15) is 0 Å². The molecule has 1 aromatic carbocycles. The summed E-state index contributed by atoms with van der Waals surface area (Å²) in [6.45, 7) is 9.38. The number of rotatable bonds is 4. The van der Waals surface area contributed by atoms with Crippen LogP contribution in [0, 0.1) is 13.8 Å². The standard InChI is InChI=1S/C20H26N4O2/c1-13-11-24(12-14(2)26-13)18(25)10-21-19-15(3)16(4)22-20(23-19)17-8-6-5-7-9-17/h5-9,13-14H,10-12H2,1-4H3,(H,21,22,23)/t13-,14+. The molecule has 1 N–H and O–H groups in total. The van der Waals surface area contributed by atoms with E-state index in [2.05, 4.69) is 15.3 Å². The molecule has 2 atom stereocenters. The summed E-state index contributed by atoms with van der Waals surface area (Å²) in [4.78, 5) is 23.6. The number of anilines is 1. The van der Waals surface area contributed by atoms with Crippen molar-refractivity contribution in [2.45, 2.75) is 39.9 Å².